The molecule has 2 nitrogen and oxygen atoms in total. The normalized spacial score (nSPS) is 28.9. The first-order valence-electron chi connectivity index (χ1n) is 4.89. The Bertz CT molecular complexity index is 349. The Morgan fingerprint density at radius 1 is 1.57 bits per heavy atom. The van der Waals surface area contributed by atoms with E-state index < -0.39 is 0 Å². The number of nitrogens with two attached hydrogens (primary N) is 1. The largest absolute Gasteiger partial charge is 0.330 e. The summed E-state index contributed by atoms with van der Waals surface area (Å²) in [6.07, 6.45) is 1.64. The van der Waals surface area contributed by atoms with E-state index >= 15 is 0 Å². The van der Waals surface area contributed by atoms with Crippen LogP contribution in [0.2, 0.25) is 0 Å². The summed E-state index contributed by atoms with van der Waals surface area (Å²) < 4.78 is 13.4. The summed E-state index contributed by atoms with van der Waals surface area (Å²) in [4.78, 5) is 4.10. The van der Waals surface area contributed by atoms with Gasteiger partial charge >= 0.3 is 0 Å². The molecule has 1 aromatic rings. The third-order valence-corrected chi connectivity index (χ3v) is 3.39. The third kappa shape index (κ3) is 1.23. The molecule has 0 aliphatic heterocycles. The average Bonchev–Trinajstić information content (AvgIpc) is 2.69. The summed E-state index contributed by atoms with van der Waals surface area (Å²) in [5, 5.41) is 0. The molecule has 1 aliphatic carbocycles. The van der Waals surface area contributed by atoms with Gasteiger partial charge in [0, 0.05) is 12.1 Å². The molecule has 0 spiro atoms. The van der Waals surface area contributed by atoms with Gasteiger partial charge in [-0.25, -0.2) is 4.39 Å². The van der Waals surface area contributed by atoms with Gasteiger partial charge in [0.05, 0.1) is 5.69 Å². The second-order valence-corrected chi connectivity index (χ2v) is 4.51. The minimum atomic E-state index is -0.207. The molecule has 2 unspecified atom stereocenters. The van der Waals surface area contributed by atoms with E-state index in [-0.39, 0.29) is 17.2 Å². The maximum absolute atomic E-state index is 13.4. The average molecular weight is 194 g/mol. The Morgan fingerprint density at radius 3 is 2.79 bits per heavy atom. The number of nitrogens with zero attached hydrogens (tertiary/aromatic N) is 1. The summed E-state index contributed by atoms with van der Waals surface area (Å²) >= 11 is 0. The van der Waals surface area contributed by atoms with Crippen molar-refractivity contribution in [2.24, 2.45) is 17.1 Å². The van der Waals surface area contributed by atoms with E-state index in [1.165, 1.54) is 6.07 Å². The smallest absolute Gasteiger partial charge is 0.145 e. The molecule has 0 bridgehead atoms. The van der Waals surface area contributed by atoms with Gasteiger partial charge in [-0.1, -0.05) is 13.8 Å². The zero-order chi connectivity index (χ0) is 10.3. The van der Waals surface area contributed by atoms with Crippen molar-refractivity contribution in [3.8, 4) is 0 Å². The van der Waals surface area contributed by atoms with Crippen molar-refractivity contribution in [3.63, 3.8) is 0 Å². The van der Waals surface area contributed by atoms with Gasteiger partial charge in [0.1, 0.15) is 5.82 Å². The Balaban J connectivity index is 2.31. The van der Waals surface area contributed by atoms with Gasteiger partial charge in [-0.15, -0.1) is 0 Å². The Morgan fingerprint density at radius 2 is 2.29 bits per heavy atom. The van der Waals surface area contributed by atoms with Gasteiger partial charge in [-0.2, -0.15) is 0 Å². The van der Waals surface area contributed by atoms with E-state index in [2.05, 4.69) is 18.8 Å². The molecule has 0 radical (unpaired) electrons. The molecule has 1 aliphatic rings. The van der Waals surface area contributed by atoms with Crippen molar-refractivity contribution in [2.45, 2.75) is 19.8 Å². The van der Waals surface area contributed by atoms with E-state index in [1.54, 1.807) is 12.3 Å². The van der Waals surface area contributed by atoms with Gasteiger partial charge in [0.25, 0.3) is 0 Å². The molecule has 1 aromatic heterocycles. The molecule has 2 N–H and O–H groups in total. The number of hydrogen-bond donors (Lipinski definition) is 1. The van der Waals surface area contributed by atoms with Gasteiger partial charge < -0.3 is 5.73 Å². The van der Waals surface area contributed by atoms with Crippen LogP contribution in [0, 0.1) is 17.2 Å². The molecule has 76 valence electrons. The Hall–Kier alpha value is -0.960. The Kier molecular flexibility index (Phi) is 2.07. The minimum absolute atomic E-state index is 0.101. The van der Waals surface area contributed by atoms with Crippen LogP contribution in [0.15, 0.2) is 18.3 Å². The Labute approximate surface area is 83.3 Å². The van der Waals surface area contributed by atoms with Crippen LogP contribution < -0.4 is 5.73 Å². The predicted molar refractivity (Wildman–Crippen MR) is 53.3 cm³/mol. The quantitative estimate of drug-likeness (QED) is 0.781. The monoisotopic (exact) mass is 194 g/mol. The van der Waals surface area contributed by atoms with Crippen molar-refractivity contribution < 1.29 is 4.39 Å². The first kappa shape index (κ1) is 9.59. The number of pyridine rings is 1. The van der Waals surface area contributed by atoms with Gasteiger partial charge in [0.2, 0.25) is 0 Å². The zero-order valence-corrected chi connectivity index (χ0v) is 8.50. The number of halogens is 1. The van der Waals surface area contributed by atoms with E-state index in [0.29, 0.717) is 18.2 Å². The fourth-order valence-electron chi connectivity index (χ4n) is 2.35. The molecule has 2 atom stereocenters. The second kappa shape index (κ2) is 3.02. The van der Waals surface area contributed by atoms with Crippen molar-refractivity contribution in [1.82, 2.24) is 4.98 Å². The van der Waals surface area contributed by atoms with Gasteiger partial charge in [0.15, 0.2) is 0 Å². The topological polar surface area (TPSA) is 38.9 Å². The van der Waals surface area contributed by atoms with Gasteiger partial charge in [-0.3, -0.25) is 4.98 Å². The van der Waals surface area contributed by atoms with Crippen LogP contribution in [0.25, 0.3) is 0 Å². The van der Waals surface area contributed by atoms with Crippen LogP contribution in [0.5, 0.6) is 0 Å². The lowest BCUT2D eigenvalue weighted by Gasteiger charge is -2.02. The van der Waals surface area contributed by atoms with Crippen molar-refractivity contribution in [2.75, 3.05) is 6.54 Å². The number of rotatable bonds is 2. The molecule has 0 aromatic carbocycles. The SMILES string of the molecule is CC1(C)C(CN)C1c1ncccc1F. The van der Waals surface area contributed by atoms with Crippen molar-refractivity contribution >= 4 is 0 Å². The maximum Gasteiger partial charge on any atom is 0.145 e. The van der Waals surface area contributed by atoms with Crippen LogP contribution in [0.1, 0.15) is 25.5 Å². The van der Waals surface area contributed by atoms with E-state index in [1.807, 2.05) is 0 Å². The molecule has 14 heavy (non-hydrogen) atoms. The lowest BCUT2D eigenvalue weighted by atomic mass is 10.1. The lowest BCUT2D eigenvalue weighted by molar-refractivity contribution is 0.546. The number of aromatic nitrogens is 1. The summed E-state index contributed by atoms with van der Waals surface area (Å²) in [7, 11) is 0. The van der Waals surface area contributed by atoms with Crippen LogP contribution in [-0.4, -0.2) is 11.5 Å². The molecule has 0 amide bonds. The molecule has 2 rings (SSSR count). The molecule has 1 fully saturated rings. The van der Waals surface area contributed by atoms with E-state index in [9.17, 15) is 4.39 Å². The van der Waals surface area contributed by atoms with Crippen LogP contribution in [0.3, 0.4) is 0 Å². The van der Waals surface area contributed by atoms with Crippen molar-refractivity contribution in [1.29, 1.82) is 0 Å². The lowest BCUT2D eigenvalue weighted by Crippen LogP contribution is -2.05. The molecule has 3 heteroatoms. The highest BCUT2D eigenvalue weighted by atomic mass is 19.1. The highest BCUT2D eigenvalue weighted by Crippen LogP contribution is 2.63. The zero-order valence-electron chi connectivity index (χ0n) is 8.50. The summed E-state index contributed by atoms with van der Waals surface area (Å²) in [5.41, 5.74) is 6.31. The fraction of sp³-hybridized carbons (Fsp3) is 0.545. The van der Waals surface area contributed by atoms with E-state index in [0.717, 1.165) is 0 Å². The minimum Gasteiger partial charge on any atom is -0.330 e. The van der Waals surface area contributed by atoms with Crippen LogP contribution in [-0.2, 0) is 0 Å². The third-order valence-electron chi connectivity index (χ3n) is 3.39. The molecule has 1 heterocycles. The summed E-state index contributed by atoms with van der Waals surface area (Å²) in [6.45, 7) is 4.83. The number of hydrogen-bond acceptors (Lipinski definition) is 2. The fourth-order valence-corrected chi connectivity index (χ4v) is 2.35. The first-order chi connectivity index (χ1) is 6.59. The van der Waals surface area contributed by atoms with Crippen molar-refractivity contribution in [3.05, 3.63) is 29.8 Å². The van der Waals surface area contributed by atoms with Gasteiger partial charge in [-0.05, 0) is 30.0 Å². The first-order valence-corrected chi connectivity index (χ1v) is 4.89. The molecule has 0 saturated heterocycles. The molecular weight excluding hydrogens is 179 g/mol. The maximum atomic E-state index is 13.4. The highest BCUT2D eigenvalue weighted by molar-refractivity contribution is 5.27. The van der Waals surface area contributed by atoms with E-state index in [4.69, 9.17) is 5.73 Å². The standard InChI is InChI=1S/C11H15FN2/c1-11(2)7(6-13)9(11)10-8(12)4-3-5-14-10/h3-5,7,9H,6,13H2,1-2H3. The van der Waals surface area contributed by atoms with Crippen LogP contribution in [0.4, 0.5) is 4.39 Å². The second-order valence-electron chi connectivity index (χ2n) is 4.51. The predicted octanol–water partition coefficient (Wildman–Crippen LogP) is 1.92. The molecule has 1 saturated carbocycles. The van der Waals surface area contributed by atoms with Crippen LogP contribution >= 0.6 is 0 Å². The summed E-state index contributed by atoms with van der Waals surface area (Å²) in [5.74, 6) is 0.349. The molecular formula is C11H15FN2. The summed E-state index contributed by atoms with van der Waals surface area (Å²) in [6, 6.07) is 3.08. The highest BCUT2D eigenvalue weighted by Gasteiger charge is 2.58.